The molecule has 0 saturated carbocycles. The Morgan fingerprint density at radius 1 is 1.27 bits per heavy atom. The van der Waals surface area contributed by atoms with E-state index in [1.165, 1.54) is 7.11 Å². The molecule has 2 nitrogen and oxygen atoms in total. The first-order valence-corrected chi connectivity index (χ1v) is 4.54. The fourth-order valence-corrected chi connectivity index (χ4v) is 1.23. The highest BCUT2D eigenvalue weighted by Gasteiger charge is 2.17. The Balaban J connectivity index is 3.20. The normalized spacial score (nSPS) is 10.5. The molecule has 0 heterocycles. The fraction of sp³-hybridized carbons (Fsp3) is 0.364. The maximum Gasteiger partial charge on any atom is 0.190 e. The lowest BCUT2D eigenvalue weighted by molar-refractivity contribution is 0.0938. The second kappa shape index (κ2) is 4.38. The molecule has 82 valence electrons. The van der Waals surface area contributed by atoms with Crippen LogP contribution in [-0.2, 0) is 0 Å². The molecule has 0 atom stereocenters. The van der Waals surface area contributed by atoms with E-state index in [1.807, 2.05) is 0 Å². The van der Waals surface area contributed by atoms with Crippen molar-refractivity contribution in [1.29, 1.82) is 0 Å². The Morgan fingerprint density at radius 2 is 1.73 bits per heavy atom. The summed E-state index contributed by atoms with van der Waals surface area (Å²) in [6, 6.07) is 1.98. The van der Waals surface area contributed by atoms with E-state index in [2.05, 4.69) is 4.74 Å². The number of ketones is 1. The minimum absolute atomic E-state index is 0.0285. The zero-order valence-corrected chi connectivity index (χ0v) is 8.80. The van der Waals surface area contributed by atoms with Crippen molar-refractivity contribution in [2.75, 3.05) is 7.11 Å². The zero-order chi connectivity index (χ0) is 11.6. The van der Waals surface area contributed by atoms with Gasteiger partial charge >= 0.3 is 0 Å². The lowest BCUT2D eigenvalue weighted by atomic mass is 10.0. The molecule has 1 aromatic carbocycles. The quantitative estimate of drug-likeness (QED) is 0.723. The van der Waals surface area contributed by atoms with Crippen LogP contribution in [0.1, 0.15) is 24.2 Å². The summed E-state index contributed by atoms with van der Waals surface area (Å²) in [5, 5.41) is 0. The third-order valence-corrected chi connectivity index (χ3v) is 2.01. The summed E-state index contributed by atoms with van der Waals surface area (Å²) in [5.41, 5.74) is 0.0285. The molecule has 0 spiro atoms. The highest BCUT2D eigenvalue weighted by Crippen LogP contribution is 2.23. The minimum Gasteiger partial charge on any atom is -0.491 e. The van der Waals surface area contributed by atoms with Gasteiger partial charge in [-0.15, -0.1) is 0 Å². The van der Waals surface area contributed by atoms with Gasteiger partial charge in [-0.1, -0.05) is 13.8 Å². The smallest absolute Gasteiger partial charge is 0.190 e. The van der Waals surface area contributed by atoms with Crippen molar-refractivity contribution in [1.82, 2.24) is 0 Å². The molecule has 4 heteroatoms. The summed E-state index contributed by atoms with van der Waals surface area (Å²) in [4.78, 5) is 11.5. The fourth-order valence-electron chi connectivity index (χ4n) is 1.23. The molecule has 0 aromatic heterocycles. The van der Waals surface area contributed by atoms with E-state index in [0.717, 1.165) is 12.1 Å². The summed E-state index contributed by atoms with van der Waals surface area (Å²) in [5.74, 6) is -2.77. The second-order valence-corrected chi connectivity index (χ2v) is 3.49. The Bertz CT molecular complexity index is 363. The number of Topliss-reactive ketones (excluding diaryl/α,β-unsaturated/α-hetero) is 1. The van der Waals surface area contributed by atoms with Gasteiger partial charge in [0, 0.05) is 11.5 Å². The van der Waals surface area contributed by atoms with Crippen LogP contribution in [0.4, 0.5) is 8.78 Å². The highest BCUT2D eigenvalue weighted by molar-refractivity contribution is 5.97. The summed E-state index contributed by atoms with van der Waals surface area (Å²) in [7, 11) is 1.17. The van der Waals surface area contributed by atoms with Crippen LogP contribution in [0.3, 0.4) is 0 Å². The Kier molecular flexibility index (Phi) is 3.39. The number of rotatable bonds is 3. The topological polar surface area (TPSA) is 26.3 Å². The molecule has 0 aliphatic heterocycles. The van der Waals surface area contributed by atoms with E-state index < -0.39 is 17.4 Å². The maximum absolute atomic E-state index is 13.2. The Morgan fingerprint density at radius 3 is 2.07 bits per heavy atom. The van der Waals surface area contributed by atoms with Crippen LogP contribution in [0.5, 0.6) is 5.75 Å². The largest absolute Gasteiger partial charge is 0.491 e. The molecule has 0 radical (unpaired) electrons. The Labute approximate surface area is 86.9 Å². The number of carbonyl (C=O) groups is 1. The number of ether oxygens (including phenoxy) is 1. The van der Waals surface area contributed by atoms with Gasteiger partial charge in [0.25, 0.3) is 0 Å². The van der Waals surface area contributed by atoms with Crippen LogP contribution < -0.4 is 4.74 Å². The van der Waals surface area contributed by atoms with Crippen LogP contribution >= 0.6 is 0 Å². The standard InChI is InChI=1S/C11H12F2O2/c1-6(2)10(14)7-4-8(12)11(15-3)9(13)5-7/h4-6H,1-3H3. The average Bonchev–Trinajstić information content (AvgIpc) is 2.15. The lowest BCUT2D eigenvalue weighted by Crippen LogP contribution is -2.09. The first-order chi connectivity index (χ1) is 6.97. The number of hydrogen-bond acceptors (Lipinski definition) is 2. The van der Waals surface area contributed by atoms with Crippen molar-refractivity contribution in [3.05, 3.63) is 29.3 Å². The lowest BCUT2D eigenvalue weighted by Gasteiger charge is -2.07. The summed E-state index contributed by atoms with van der Waals surface area (Å²) in [6.45, 7) is 3.34. The first kappa shape index (κ1) is 11.6. The van der Waals surface area contributed by atoms with Crippen LogP contribution in [0.25, 0.3) is 0 Å². The van der Waals surface area contributed by atoms with Gasteiger partial charge < -0.3 is 4.74 Å². The SMILES string of the molecule is COc1c(F)cc(C(=O)C(C)C)cc1F. The number of benzene rings is 1. The van der Waals surface area contributed by atoms with Crippen LogP contribution in [0, 0.1) is 17.6 Å². The minimum atomic E-state index is -0.860. The van der Waals surface area contributed by atoms with E-state index >= 15 is 0 Å². The molecular formula is C11H12F2O2. The van der Waals surface area contributed by atoms with Gasteiger partial charge in [0.1, 0.15) is 0 Å². The molecule has 0 N–H and O–H groups in total. The van der Waals surface area contributed by atoms with E-state index in [4.69, 9.17) is 0 Å². The molecule has 0 bridgehead atoms. The number of hydrogen-bond donors (Lipinski definition) is 0. The second-order valence-electron chi connectivity index (χ2n) is 3.49. The van der Waals surface area contributed by atoms with E-state index in [1.54, 1.807) is 13.8 Å². The van der Waals surface area contributed by atoms with Gasteiger partial charge in [0.15, 0.2) is 23.2 Å². The van der Waals surface area contributed by atoms with Crippen molar-refractivity contribution < 1.29 is 18.3 Å². The van der Waals surface area contributed by atoms with E-state index in [0.29, 0.717) is 0 Å². The van der Waals surface area contributed by atoms with Gasteiger partial charge in [-0.05, 0) is 12.1 Å². The van der Waals surface area contributed by atoms with Crippen molar-refractivity contribution in [2.24, 2.45) is 5.92 Å². The van der Waals surface area contributed by atoms with Gasteiger partial charge in [-0.2, -0.15) is 0 Å². The Hall–Kier alpha value is -1.45. The molecule has 0 aliphatic carbocycles. The van der Waals surface area contributed by atoms with Gasteiger partial charge in [0.2, 0.25) is 0 Å². The van der Waals surface area contributed by atoms with Gasteiger partial charge in [0.05, 0.1) is 7.11 Å². The highest BCUT2D eigenvalue weighted by atomic mass is 19.1. The molecule has 0 unspecified atom stereocenters. The van der Waals surface area contributed by atoms with Crippen molar-refractivity contribution in [3.63, 3.8) is 0 Å². The third kappa shape index (κ3) is 2.32. The van der Waals surface area contributed by atoms with Crippen molar-refractivity contribution >= 4 is 5.78 Å². The molecule has 0 amide bonds. The average molecular weight is 214 g/mol. The van der Waals surface area contributed by atoms with E-state index in [9.17, 15) is 13.6 Å². The third-order valence-electron chi connectivity index (χ3n) is 2.01. The van der Waals surface area contributed by atoms with Crippen LogP contribution in [0.2, 0.25) is 0 Å². The molecular weight excluding hydrogens is 202 g/mol. The molecule has 1 aromatic rings. The summed E-state index contributed by atoms with van der Waals surface area (Å²) >= 11 is 0. The van der Waals surface area contributed by atoms with Gasteiger partial charge in [-0.3, -0.25) is 4.79 Å². The number of methoxy groups -OCH3 is 1. The van der Waals surface area contributed by atoms with Crippen molar-refractivity contribution in [2.45, 2.75) is 13.8 Å². The zero-order valence-electron chi connectivity index (χ0n) is 8.80. The summed E-state index contributed by atoms with van der Waals surface area (Å²) < 4.78 is 30.9. The molecule has 0 saturated heterocycles. The van der Waals surface area contributed by atoms with Crippen molar-refractivity contribution in [3.8, 4) is 5.75 Å². The molecule has 15 heavy (non-hydrogen) atoms. The first-order valence-electron chi connectivity index (χ1n) is 4.54. The predicted octanol–water partition coefficient (Wildman–Crippen LogP) is 2.81. The van der Waals surface area contributed by atoms with Gasteiger partial charge in [-0.25, -0.2) is 8.78 Å². The van der Waals surface area contributed by atoms with Crippen LogP contribution in [-0.4, -0.2) is 12.9 Å². The summed E-state index contributed by atoms with van der Waals surface area (Å²) in [6.07, 6.45) is 0. The van der Waals surface area contributed by atoms with E-state index in [-0.39, 0.29) is 17.3 Å². The maximum atomic E-state index is 13.2. The predicted molar refractivity (Wildman–Crippen MR) is 52.1 cm³/mol. The molecule has 0 fully saturated rings. The number of halogens is 2. The monoisotopic (exact) mass is 214 g/mol. The molecule has 0 aliphatic rings. The van der Waals surface area contributed by atoms with Crippen LogP contribution in [0.15, 0.2) is 12.1 Å². The number of carbonyl (C=O) groups excluding carboxylic acids is 1. The molecule has 1 rings (SSSR count).